The number of piperidine rings is 1. The number of carbonyl (C=O) groups excluding carboxylic acids is 1. The summed E-state index contributed by atoms with van der Waals surface area (Å²) in [5.41, 5.74) is 0. The Bertz CT molecular complexity index is 337. The van der Waals surface area contributed by atoms with Crippen molar-refractivity contribution in [1.82, 2.24) is 10.2 Å². The van der Waals surface area contributed by atoms with Crippen LogP contribution in [0.3, 0.4) is 0 Å². The van der Waals surface area contributed by atoms with Crippen LogP contribution < -0.4 is 5.32 Å². The molecule has 1 saturated heterocycles. The molecule has 0 radical (unpaired) electrons. The Hall–Kier alpha value is -1.99. The number of methoxy groups -OCH3 is 1. The largest absolute Gasteiger partial charge is 0.480 e. The van der Waals surface area contributed by atoms with Gasteiger partial charge < -0.3 is 25.2 Å². The second-order valence-corrected chi connectivity index (χ2v) is 4.06. The first-order valence-corrected chi connectivity index (χ1v) is 5.51. The lowest BCUT2D eigenvalue weighted by Gasteiger charge is -2.33. The number of carboxylic acid groups (broad SMARTS) is 2. The number of carboxylic acids is 1. The topological polar surface area (TPSA) is 116 Å². The first-order valence-electron chi connectivity index (χ1n) is 5.51. The summed E-state index contributed by atoms with van der Waals surface area (Å²) < 4.78 is 4.36. The maximum atomic E-state index is 11.1. The van der Waals surface area contributed by atoms with E-state index in [0.717, 1.165) is 7.11 Å². The summed E-state index contributed by atoms with van der Waals surface area (Å²) in [5.74, 6) is -1.44. The highest BCUT2D eigenvalue weighted by Gasteiger charge is 2.33. The fraction of sp³-hybridized carbons (Fsp3) is 0.700. The molecule has 0 aromatic rings. The number of hydrogen-bond acceptors (Lipinski definition) is 4. The molecule has 0 bridgehead atoms. The number of aliphatic carboxylic acids is 1. The minimum Gasteiger partial charge on any atom is -0.480 e. The van der Waals surface area contributed by atoms with Crippen molar-refractivity contribution in [3.05, 3.63) is 0 Å². The first-order chi connectivity index (χ1) is 8.45. The summed E-state index contributed by atoms with van der Waals surface area (Å²) in [7, 11) is 1.15. The van der Waals surface area contributed by atoms with Gasteiger partial charge in [0, 0.05) is 13.1 Å². The molecule has 8 nitrogen and oxygen atoms in total. The van der Waals surface area contributed by atoms with Gasteiger partial charge >= 0.3 is 18.2 Å². The molecule has 2 amide bonds. The Labute approximate surface area is 104 Å². The van der Waals surface area contributed by atoms with E-state index in [9.17, 15) is 14.4 Å². The van der Waals surface area contributed by atoms with Crippen molar-refractivity contribution in [2.24, 2.45) is 5.92 Å². The highest BCUT2D eigenvalue weighted by Crippen LogP contribution is 2.21. The van der Waals surface area contributed by atoms with Crippen LogP contribution in [0.4, 0.5) is 9.59 Å². The summed E-state index contributed by atoms with van der Waals surface area (Å²) in [6.07, 6.45) is -1.02. The second-order valence-electron chi connectivity index (χ2n) is 4.06. The molecule has 3 N–H and O–H groups in total. The number of hydrogen-bond donors (Lipinski definition) is 3. The molecule has 0 saturated carbocycles. The molecule has 0 spiro atoms. The zero-order valence-corrected chi connectivity index (χ0v) is 9.96. The van der Waals surface area contributed by atoms with E-state index in [-0.39, 0.29) is 19.0 Å². The van der Waals surface area contributed by atoms with E-state index in [1.807, 2.05) is 0 Å². The van der Waals surface area contributed by atoms with Crippen LogP contribution in [0.15, 0.2) is 0 Å². The van der Waals surface area contributed by atoms with Gasteiger partial charge in [-0.05, 0) is 18.8 Å². The van der Waals surface area contributed by atoms with Crippen molar-refractivity contribution in [2.75, 3.05) is 20.2 Å². The van der Waals surface area contributed by atoms with Gasteiger partial charge in [0.25, 0.3) is 0 Å². The third kappa shape index (κ3) is 3.51. The van der Waals surface area contributed by atoms with Gasteiger partial charge in [-0.2, -0.15) is 0 Å². The number of rotatable bonds is 3. The van der Waals surface area contributed by atoms with Crippen LogP contribution in [-0.2, 0) is 9.53 Å². The van der Waals surface area contributed by atoms with Gasteiger partial charge in [0.15, 0.2) is 0 Å². The molecule has 1 aliphatic heterocycles. The molecule has 18 heavy (non-hydrogen) atoms. The average Bonchev–Trinajstić information content (AvgIpc) is 2.35. The number of amides is 2. The number of ether oxygens (including phenoxy) is 1. The van der Waals surface area contributed by atoms with Crippen LogP contribution in [0.2, 0.25) is 0 Å². The molecule has 1 rings (SSSR count). The predicted molar refractivity (Wildman–Crippen MR) is 59.3 cm³/mol. The highest BCUT2D eigenvalue weighted by atomic mass is 16.5. The van der Waals surface area contributed by atoms with Gasteiger partial charge in [0.1, 0.15) is 6.04 Å². The number of nitrogens with zero attached hydrogens (tertiary/aromatic N) is 1. The summed E-state index contributed by atoms with van der Waals surface area (Å²) in [6.45, 7) is 0.541. The van der Waals surface area contributed by atoms with Crippen molar-refractivity contribution in [1.29, 1.82) is 0 Å². The molecule has 0 aliphatic carbocycles. The van der Waals surface area contributed by atoms with Crippen LogP contribution >= 0.6 is 0 Å². The molecule has 1 aliphatic rings. The van der Waals surface area contributed by atoms with E-state index < -0.39 is 24.2 Å². The third-order valence-corrected chi connectivity index (χ3v) is 3.01. The van der Waals surface area contributed by atoms with Crippen molar-refractivity contribution < 1.29 is 29.3 Å². The van der Waals surface area contributed by atoms with Gasteiger partial charge in [0.05, 0.1) is 7.11 Å². The zero-order valence-electron chi connectivity index (χ0n) is 9.96. The maximum absolute atomic E-state index is 11.1. The lowest BCUT2D eigenvalue weighted by Crippen LogP contribution is -2.50. The number of alkyl carbamates (subject to hydrolysis) is 1. The van der Waals surface area contributed by atoms with Crippen LogP contribution in [0.1, 0.15) is 12.8 Å². The van der Waals surface area contributed by atoms with Crippen LogP contribution in [0.5, 0.6) is 0 Å². The van der Waals surface area contributed by atoms with Crippen LogP contribution in [-0.4, -0.2) is 59.5 Å². The second kappa shape index (κ2) is 6.08. The molecule has 8 heteroatoms. The lowest BCUT2D eigenvalue weighted by atomic mass is 9.89. The smallest absolute Gasteiger partial charge is 0.407 e. The van der Waals surface area contributed by atoms with Gasteiger partial charge in [-0.3, -0.25) is 0 Å². The minimum absolute atomic E-state index is 0.270. The summed E-state index contributed by atoms with van der Waals surface area (Å²) in [5, 5.41) is 20.1. The SMILES string of the molecule is COC(=O)NC(C(=O)O)C1CCN(C(=O)O)CC1. The quantitative estimate of drug-likeness (QED) is 0.666. The fourth-order valence-corrected chi connectivity index (χ4v) is 1.99. The predicted octanol–water partition coefficient (Wildman–Crippen LogP) is 0.186. The normalized spacial score (nSPS) is 17.9. The summed E-state index contributed by atoms with van der Waals surface area (Å²) >= 11 is 0. The van der Waals surface area contributed by atoms with Crippen molar-refractivity contribution in [3.63, 3.8) is 0 Å². The molecule has 1 heterocycles. The molecule has 1 unspecified atom stereocenters. The van der Waals surface area contributed by atoms with Gasteiger partial charge in [-0.1, -0.05) is 0 Å². The molecule has 102 valence electrons. The Kier molecular flexibility index (Phi) is 4.75. The molecule has 1 fully saturated rings. The first kappa shape index (κ1) is 14.1. The summed E-state index contributed by atoms with van der Waals surface area (Å²) in [6, 6.07) is -1.05. The van der Waals surface area contributed by atoms with Gasteiger partial charge in [-0.15, -0.1) is 0 Å². The van der Waals surface area contributed by atoms with Crippen molar-refractivity contribution >= 4 is 18.2 Å². The third-order valence-electron chi connectivity index (χ3n) is 3.01. The van der Waals surface area contributed by atoms with E-state index in [0.29, 0.717) is 12.8 Å². The Morgan fingerprint density at radius 1 is 1.28 bits per heavy atom. The van der Waals surface area contributed by atoms with Gasteiger partial charge in [-0.25, -0.2) is 14.4 Å². The molecule has 1 atom stereocenters. The van der Waals surface area contributed by atoms with Crippen LogP contribution in [0, 0.1) is 5.92 Å². The van der Waals surface area contributed by atoms with E-state index in [1.165, 1.54) is 4.90 Å². The van der Waals surface area contributed by atoms with E-state index >= 15 is 0 Å². The Morgan fingerprint density at radius 2 is 1.83 bits per heavy atom. The Morgan fingerprint density at radius 3 is 2.22 bits per heavy atom. The standard InChI is InChI=1S/C10H16N2O6/c1-18-9(15)11-7(8(13)14)6-2-4-12(5-3-6)10(16)17/h6-7H,2-5H2,1H3,(H,11,15)(H,13,14)(H,16,17). The van der Waals surface area contributed by atoms with Crippen molar-refractivity contribution in [3.8, 4) is 0 Å². The van der Waals surface area contributed by atoms with E-state index in [2.05, 4.69) is 10.1 Å². The number of carbonyl (C=O) groups is 3. The minimum atomic E-state index is -1.14. The van der Waals surface area contributed by atoms with Crippen LogP contribution in [0.25, 0.3) is 0 Å². The Balaban J connectivity index is 2.58. The lowest BCUT2D eigenvalue weighted by molar-refractivity contribution is -0.141. The maximum Gasteiger partial charge on any atom is 0.407 e. The monoisotopic (exact) mass is 260 g/mol. The van der Waals surface area contributed by atoms with E-state index in [4.69, 9.17) is 10.2 Å². The van der Waals surface area contributed by atoms with E-state index in [1.54, 1.807) is 0 Å². The number of likely N-dealkylation sites (tertiary alicyclic amines) is 1. The van der Waals surface area contributed by atoms with Crippen molar-refractivity contribution in [2.45, 2.75) is 18.9 Å². The van der Waals surface area contributed by atoms with Gasteiger partial charge in [0.2, 0.25) is 0 Å². The summed E-state index contributed by atoms with van der Waals surface area (Å²) in [4.78, 5) is 34.0. The molecule has 0 aromatic heterocycles. The zero-order chi connectivity index (χ0) is 13.7. The fourth-order valence-electron chi connectivity index (χ4n) is 1.99. The highest BCUT2D eigenvalue weighted by molar-refractivity contribution is 5.80. The number of nitrogens with one attached hydrogen (secondary N) is 1. The molecular weight excluding hydrogens is 244 g/mol. The molecule has 0 aromatic carbocycles. The molecular formula is C10H16N2O6. The average molecular weight is 260 g/mol.